The van der Waals surface area contributed by atoms with E-state index < -0.39 is 0 Å². The summed E-state index contributed by atoms with van der Waals surface area (Å²) in [6.07, 6.45) is 2.98. The highest BCUT2D eigenvalue weighted by atomic mass is 35.5. The molecule has 0 radical (unpaired) electrons. The molecule has 0 heterocycles. The third-order valence-electron chi connectivity index (χ3n) is 3.68. The van der Waals surface area contributed by atoms with Crippen LogP contribution in [0.3, 0.4) is 0 Å². The average Bonchev–Trinajstić information content (AvgIpc) is 2.51. The standard InChI is InChI=1S/C17H20ClNO2/c1-21-17(20)9-5-4-8-16(19)14-10-11-15(18)13-7-3-2-6-12(13)14/h2-3,6-7,10-11,16H,4-5,8-9,19H2,1H3. The average molecular weight is 306 g/mol. The van der Waals surface area contributed by atoms with Crippen molar-refractivity contribution < 1.29 is 9.53 Å². The van der Waals surface area contributed by atoms with E-state index in [4.69, 9.17) is 17.3 Å². The first-order valence-corrected chi connectivity index (χ1v) is 7.51. The highest BCUT2D eigenvalue weighted by Crippen LogP contribution is 2.30. The van der Waals surface area contributed by atoms with Crippen molar-refractivity contribution in [1.29, 1.82) is 0 Å². The van der Waals surface area contributed by atoms with Gasteiger partial charge in [-0.1, -0.05) is 48.4 Å². The van der Waals surface area contributed by atoms with E-state index in [0.717, 1.165) is 40.6 Å². The van der Waals surface area contributed by atoms with Gasteiger partial charge in [-0.2, -0.15) is 0 Å². The molecule has 2 aromatic rings. The molecular formula is C17H20ClNO2. The van der Waals surface area contributed by atoms with Crippen LogP contribution in [0.25, 0.3) is 10.8 Å². The van der Waals surface area contributed by atoms with Crippen molar-refractivity contribution in [2.45, 2.75) is 31.7 Å². The van der Waals surface area contributed by atoms with Gasteiger partial charge in [0.2, 0.25) is 0 Å². The number of fused-ring (bicyclic) bond motifs is 1. The van der Waals surface area contributed by atoms with Crippen LogP contribution in [0.15, 0.2) is 36.4 Å². The summed E-state index contributed by atoms with van der Waals surface area (Å²) in [5.74, 6) is -0.166. The Morgan fingerprint density at radius 2 is 1.90 bits per heavy atom. The van der Waals surface area contributed by atoms with Crippen LogP contribution < -0.4 is 5.73 Å². The predicted octanol–water partition coefficient (Wildman–Crippen LogP) is 4.23. The van der Waals surface area contributed by atoms with Gasteiger partial charge in [0.1, 0.15) is 0 Å². The number of rotatable bonds is 6. The van der Waals surface area contributed by atoms with Crippen LogP contribution in [0, 0.1) is 0 Å². The number of nitrogens with two attached hydrogens (primary N) is 1. The normalized spacial score (nSPS) is 12.3. The molecule has 0 aliphatic rings. The Kier molecular flexibility index (Phi) is 5.59. The lowest BCUT2D eigenvalue weighted by Crippen LogP contribution is -2.11. The first-order chi connectivity index (χ1) is 10.1. The molecule has 0 aliphatic carbocycles. The molecule has 0 bridgehead atoms. The molecule has 0 aliphatic heterocycles. The molecule has 0 saturated heterocycles. The maximum Gasteiger partial charge on any atom is 0.305 e. The predicted molar refractivity (Wildman–Crippen MR) is 86.4 cm³/mol. The van der Waals surface area contributed by atoms with Gasteiger partial charge in [0.05, 0.1) is 7.11 Å². The largest absolute Gasteiger partial charge is 0.469 e. The van der Waals surface area contributed by atoms with Crippen LogP contribution in [-0.2, 0) is 9.53 Å². The summed E-state index contributed by atoms with van der Waals surface area (Å²) in [7, 11) is 1.41. The molecule has 4 heteroatoms. The SMILES string of the molecule is COC(=O)CCCCC(N)c1ccc(Cl)c2ccccc12. The third kappa shape index (κ3) is 3.96. The summed E-state index contributed by atoms with van der Waals surface area (Å²) in [5, 5.41) is 2.87. The minimum atomic E-state index is -0.166. The van der Waals surface area contributed by atoms with Crippen LogP contribution >= 0.6 is 11.6 Å². The Labute approximate surface area is 130 Å². The lowest BCUT2D eigenvalue weighted by atomic mass is 9.95. The third-order valence-corrected chi connectivity index (χ3v) is 4.01. The molecule has 3 nitrogen and oxygen atoms in total. The molecule has 1 unspecified atom stereocenters. The molecule has 2 aromatic carbocycles. The number of carbonyl (C=O) groups is 1. The molecule has 21 heavy (non-hydrogen) atoms. The van der Waals surface area contributed by atoms with Crippen molar-refractivity contribution in [3.63, 3.8) is 0 Å². The second kappa shape index (κ2) is 7.43. The molecule has 112 valence electrons. The summed E-state index contributed by atoms with van der Waals surface area (Å²) in [6, 6.07) is 11.9. The molecule has 2 rings (SSSR count). The van der Waals surface area contributed by atoms with Crippen molar-refractivity contribution in [2.75, 3.05) is 7.11 Å². The van der Waals surface area contributed by atoms with E-state index in [1.807, 2.05) is 36.4 Å². The molecule has 0 fully saturated rings. The summed E-state index contributed by atoms with van der Waals surface area (Å²) in [5.41, 5.74) is 7.41. The maximum absolute atomic E-state index is 11.1. The molecule has 0 aromatic heterocycles. The van der Waals surface area contributed by atoms with Gasteiger partial charge < -0.3 is 10.5 Å². The fraction of sp³-hybridized carbons (Fsp3) is 0.353. The highest BCUT2D eigenvalue weighted by molar-refractivity contribution is 6.35. The van der Waals surface area contributed by atoms with Crippen molar-refractivity contribution in [3.8, 4) is 0 Å². The smallest absolute Gasteiger partial charge is 0.305 e. The Morgan fingerprint density at radius 3 is 2.62 bits per heavy atom. The molecular weight excluding hydrogens is 286 g/mol. The zero-order chi connectivity index (χ0) is 15.2. The number of ether oxygens (including phenoxy) is 1. The van der Waals surface area contributed by atoms with Crippen molar-refractivity contribution in [1.82, 2.24) is 0 Å². The molecule has 0 spiro atoms. The second-order valence-electron chi connectivity index (χ2n) is 5.11. The van der Waals surface area contributed by atoms with Gasteiger partial charge in [-0.05, 0) is 29.9 Å². The number of methoxy groups -OCH3 is 1. The number of benzene rings is 2. The summed E-state index contributed by atoms with van der Waals surface area (Å²) >= 11 is 6.22. The van der Waals surface area contributed by atoms with Gasteiger partial charge in [-0.25, -0.2) is 0 Å². The Morgan fingerprint density at radius 1 is 1.19 bits per heavy atom. The zero-order valence-electron chi connectivity index (χ0n) is 12.1. The van der Waals surface area contributed by atoms with Crippen molar-refractivity contribution >= 4 is 28.3 Å². The summed E-state index contributed by atoms with van der Waals surface area (Å²) in [6.45, 7) is 0. The quantitative estimate of drug-likeness (QED) is 0.642. The maximum atomic E-state index is 11.1. The number of unbranched alkanes of at least 4 members (excludes halogenated alkanes) is 1. The van der Waals surface area contributed by atoms with Crippen LogP contribution in [0.5, 0.6) is 0 Å². The van der Waals surface area contributed by atoms with Gasteiger partial charge >= 0.3 is 5.97 Å². The van der Waals surface area contributed by atoms with E-state index in [1.54, 1.807) is 0 Å². The molecule has 0 amide bonds. The van der Waals surface area contributed by atoms with Crippen molar-refractivity contribution in [3.05, 3.63) is 47.0 Å². The van der Waals surface area contributed by atoms with E-state index in [-0.39, 0.29) is 12.0 Å². The topological polar surface area (TPSA) is 52.3 Å². The Hall–Kier alpha value is -1.58. The van der Waals surface area contributed by atoms with Gasteiger partial charge in [-0.15, -0.1) is 0 Å². The van der Waals surface area contributed by atoms with E-state index >= 15 is 0 Å². The van der Waals surface area contributed by atoms with Crippen LogP contribution in [0.1, 0.15) is 37.3 Å². The molecule has 2 N–H and O–H groups in total. The van der Waals surface area contributed by atoms with E-state index in [1.165, 1.54) is 7.11 Å². The number of hydrogen-bond acceptors (Lipinski definition) is 3. The van der Waals surface area contributed by atoms with Crippen LogP contribution in [0.2, 0.25) is 5.02 Å². The Balaban J connectivity index is 2.04. The summed E-state index contributed by atoms with van der Waals surface area (Å²) < 4.78 is 4.63. The van der Waals surface area contributed by atoms with Crippen LogP contribution in [0.4, 0.5) is 0 Å². The highest BCUT2D eigenvalue weighted by Gasteiger charge is 2.11. The first kappa shape index (κ1) is 15.8. The molecule has 1 atom stereocenters. The van der Waals surface area contributed by atoms with Gasteiger partial charge in [0.15, 0.2) is 0 Å². The van der Waals surface area contributed by atoms with Crippen LogP contribution in [-0.4, -0.2) is 13.1 Å². The lowest BCUT2D eigenvalue weighted by molar-refractivity contribution is -0.140. The number of esters is 1. The monoisotopic (exact) mass is 305 g/mol. The van der Waals surface area contributed by atoms with Gasteiger partial charge in [0.25, 0.3) is 0 Å². The van der Waals surface area contributed by atoms with Crippen molar-refractivity contribution in [2.24, 2.45) is 5.73 Å². The number of halogens is 1. The first-order valence-electron chi connectivity index (χ1n) is 7.13. The minimum Gasteiger partial charge on any atom is -0.469 e. The fourth-order valence-electron chi connectivity index (χ4n) is 2.50. The Bertz CT molecular complexity index is 627. The zero-order valence-corrected chi connectivity index (χ0v) is 12.9. The fourth-order valence-corrected chi connectivity index (χ4v) is 2.73. The van der Waals surface area contributed by atoms with E-state index in [0.29, 0.717) is 6.42 Å². The van der Waals surface area contributed by atoms with Gasteiger partial charge in [-0.3, -0.25) is 4.79 Å². The second-order valence-corrected chi connectivity index (χ2v) is 5.52. The lowest BCUT2D eigenvalue weighted by Gasteiger charge is -2.15. The number of carbonyl (C=O) groups excluding carboxylic acids is 1. The molecule has 0 saturated carbocycles. The number of hydrogen-bond donors (Lipinski definition) is 1. The van der Waals surface area contributed by atoms with E-state index in [2.05, 4.69) is 4.74 Å². The minimum absolute atomic E-state index is 0.0511. The van der Waals surface area contributed by atoms with Gasteiger partial charge in [0, 0.05) is 22.9 Å². The summed E-state index contributed by atoms with van der Waals surface area (Å²) in [4.78, 5) is 11.1. The van der Waals surface area contributed by atoms with E-state index in [9.17, 15) is 4.79 Å².